The van der Waals surface area contributed by atoms with Crippen molar-refractivity contribution in [3.05, 3.63) is 29.3 Å². The number of piperidine rings is 1. The zero-order chi connectivity index (χ0) is 19.6. The molecule has 0 radical (unpaired) electrons. The summed E-state index contributed by atoms with van der Waals surface area (Å²) in [6.45, 7) is 2.51. The van der Waals surface area contributed by atoms with Crippen LogP contribution in [-0.2, 0) is 4.79 Å². The highest BCUT2D eigenvalue weighted by Crippen LogP contribution is 2.33. The smallest absolute Gasteiger partial charge is 0.278 e. The van der Waals surface area contributed by atoms with Gasteiger partial charge in [-0.25, -0.2) is 4.98 Å². The summed E-state index contributed by atoms with van der Waals surface area (Å²) >= 11 is 1.81. The molecule has 1 N–H and O–H groups in total. The van der Waals surface area contributed by atoms with Crippen LogP contribution in [0.1, 0.15) is 55.9 Å². The number of benzene rings is 1. The van der Waals surface area contributed by atoms with Gasteiger partial charge in [0.15, 0.2) is 6.54 Å². The zero-order valence-corrected chi connectivity index (χ0v) is 17.4. The molecule has 5 nitrogen and oxygen atoms in total. The second-order valence-electron chi connectivity index (χ2n) is 8.38. The van der Waals surface area contributed by atoms with Crippen LogP contribution in [0, 0.1) is 11.3 Å². The van der Waals surface area contributed by atoms with Gasteiger partial charge in [0.2, 0.25) is 0 Å². The third-order valence-electron chi connectivity index (χ3n) is 6.66. The Balaban J connectivity index is 1.33. The second-order valence-corrected chi connectivity index (χ2v) is 9.44. The van der Waals surface area contributed by atoms with E-state index in [9.17, 15) is 10.1 Å². The number of hydrogen-bond donors (Lipinski definition) is 1. The summed E-state index contributed by atoms with van der Waals surface area (Å²) in [6, 6.07) is 10.8. The fraction of sp³-hybridized carbons (Fsp3) is 0.591. The molecule has 1 saturated heterocycles. The SMILES string of the molecule is CN(C(=O)C[NH+]1CCC(c2nc3ccccc3s2)CC1)C1(C#N)CCCCC1. The Bertz CT molecular complexity index is 839. The van der Waals surface area contributed by atoms with Crippen molar-refractivity contribution >= 4 is 27.5 Å². The van der Waals surface area contributed by atoms with Crippen LogP contribution in [0.3, 0.4) is 0 Å². The van der Waals surface area contributed by atoms with Gasteiger partial charge in [-0.3, -0.25) is 4.79 Å². The summed E-state index contributed by atoms with van der Waals surface area (Å²) in [5.41, 5.74) is 0.525. The average molecular weight is 398 g/mol. The molecule has 1 aromatic carbocycles. The summed E-state index contributed by atoms with van der Waals surface area (Å²) in [4.78, 5) is 20.8. The molecule has 2 heterocycles. The zero-order valence-electron chi connectivity index (χ0n) is 16.6. The van der Waals surface area contributed by atoms with E-state index in [0.29, 0.717) is 12.5 Å². The van der Waals surface area contributed by atoms with Crippen molar-refractivity contribution < 1.29 is 9.69 Å². The number of thiazole rings is 1. The van der Waals surface area contributed by atoms with E-state index in [1.54, 1.807) is 4.90 Å². The molecule has 1 aromatic heterocycles. The van der Waals surface area contributed by atoms with Crippen LogP contribution in [0.2, 0.25) is 0 Å². The van der Waals surface area contributed by atoms with Crippen LogP contribution in [0.15, 0.2) is 24.3 Å². The van der Waals surface area contributed by atoms with E-state index >= 15 is 0 Å². The van der Waals surface area contributed by atoms with Gasteiger partial charge in [0, 0.05) is 25.8 Å². The Morgan fingerprint density at radius 1 is 1.29 bits per heavy atom. The number of aromatic nitrogens is 1. The number of amides is 1. The number of nitrogens with one attached hydrogen (secondary N) is 1. The number of nitrogens with zero attached hydrogens (tertiary/aromatic N) is 3. The molecule has 1 amide bonds. The standard InChI is InChI=1S/C22H28N4OS/c1-25(22(16-23)11-5-2-6-12-22)20(27)15-26-13-9-17(10-14-26)21-24-18-7-3-4-8-19(18)28-21/h3-4,7-8,17H,2,5-6,9-15H2,1H3/p+1. The lowest BCUT2D eigenvalue weighted by molar-refractivity contribution is -0.897. The lowest BCUT2D eigenvalue weighted by atomic mass is 9.81. The number of likely N-dealkylation sites (N-methyl/N-ethyl adjacent to an activating group) is 1. The highest BCUT2D eigenvalue weighted by atomic mass is 32.1. The molecule has 2 fully saturated rings. The number of carbonyl (C=O) groups excluding carboxylic acids is 1. The van der Waals surface area contributed by atoms with Gasteiger partial charge >= 0.3 is 0 Å². The number of hydrogen-bond acceptors (Lipinski definition) is 4. The molecule has 148 valence electrons. The molecule has 28 heavy (non-hydrogen) atoms. The largest absolute Gasteiger partial charge is 0.327 e. The number of para-hydroxylation sites is 1. The third-order valence-corrected chi connectivity index (χ3v) is 7.86. The normalized spacial score (nSPS) is 24.6. The van der Waals surface area contributed by atoms with Gasteiger partial charge in [-0.15, -0.1) is 11.3 Å². The number of rotatable bonds is 4. The van der Waals surface area contributed by atoms with Crippen molar-refractivity contribution in [1.82, 2.24) is 9.88 Å². The Morgan fingerprint density at radius 2 is 2.00 bits per heavy atom. The molecule has 0 unspecified atom stereocenters. The lowest BCUT2D eigenvalue weighted by Gasteiger charge is -2.39. The maximum atomic E-state index is 12.9. The molecule has 0 spiro atoms. The molecular formula is C22H29N4OS+. The number of fused-ring (bicyclic) bond motifs is 1. The Hall–Kier alpha value is -1.97. The van der Waals surface area contributed by atoms with Crippen LogP contribution < -0.4 is 4.90 Å². The van der Waals surface area contributed by atoms with Crippen molar-refractivity contribution in [2.45, 2.75) is 56.4 Å². The van der Waals surface area contributed by atoms with Crippen LogP contribution in [0.25, 0.3) is 10.2 Å². The first-order chi connectivity index (χ1) is 13.6. The van der Waals surface area contributed by atoms with Crippen molar-refractivity contribution in [3.63, 3.8) is 0 Å². The summed E-state index contributed by atoms with van der Waals surface area (Å²) < 4.78 is 1.26. The van der Waals surface area contributed by atoms with Crippen molar-refractivity contribution in [2.75, 3.05) is 26.7 Å². The summed E-state index contributed by atoms with van der Waals surface area (Å²) in [7, 11) is 1.84. The van der Waals surface area contributed by atoms with E-state index in [1.807, 2.05) is 24.5 Å². The van der Waals surface area contributed by atoms with E-state index in [-0.39, 0.29) is 5.91 Å². The number of carbonyl (C=O) groups is 1. The molecule has 2 aromatic rings. The van der Waals surface area contributed by atoms with Crippen LogP contribution >= 0.6 is 11.3 Å². The minimum Gasteiger partial charge on any atom is -0.327 e. The van der Waals surface area contributed by atoms with Gasteiger partial charge < -0.3 is 9.80 Å². The highest BCUT2D eigenvalue weighted by Gasteiger charge is 2.40. The van der Waals surface area contributed by atoms with Crippen LogP contribution in [0.4, 0.5) is 0 Å². The van der Waals surface area contributed by atoms with Gasteiger partial charge in [-0.1, -0.05) is 31.4 Å². The number of quaternary nitrogens is 1. The van der Waals surface area contributed by atoms with E-state index < -0.39 is 5.54 Å². The molecule has 1 aliphatic carbocycles. The van der Waals surface area contributed by atoms with E-state index in [1.165, 1.54) is 21.0 Å². The number of likely N-dealkylation sites (tertiary alicyclic amines) is 1. The van der Waals surface area contributed by atoms with Gasteiger partial charge in [-0.2, -0.15) is 5.26 Å². The van der Waals surface area contributed by atoms with Crippen molar-refractivity contribution in [1.29, 1.82) is 5.26 Å². The van der Waals surface area contributed by atoms with Crippen molar-refractivity contribution in [3.8, 4) is 6.07 Å². The quantitative estimate of drug-likeness (QED) is 0.863. The van der Waals surface area contributed by atoms with E-state index in [2.05, 4.69) is 24.3 Å². The molecule has 0 bridgehead atoms. The summed E-state index contributed by atoms with van der Waals surface area (Å²) in [5.74, 6) is 0.634. The molecule has 1 saturated carbocycles. The molecule has 0 atom stereocenters. The average Bonchev–Trinajstić information content (AvgIpc) is 3.18. The molecule has 2 aliphatic rings. The van der Waals surface area contributed by atoms with Gasteiger partial charge in [0.1, 0.15) is 5.54 Å². The maximum absolute atomic E-state index is 12.9. The summed E-state index contributed by atoms with van der Waals surface area (Å²) in [6.07, 6.45) is 7.07. The lowest BCUT2D eigenvalue weighted by Crippen LogP contribution is -3.14. The first-order valence-corrected chi connectivity index (χ1v) is 11.3. The molecule has 6 heteroatoms. The Kier molecular flexibility index (Phi) is 5.65. The molecule has 1 aliphatic heterocycles. The van der Waals surface area contributed by atoms with Crippen LogP contribution in [0.5, 0.6) is 0 Å². The van der Waals surface area contributed by atoms with Crippen molar-refractivity contribution in [2.24, 2.45) is 0 Å². The second kappa shape index (κ2) is 8.18. The van der Waals surface area contributed by atoms with E-state index in [0.717, 1.165) is 57.1 Å². The predicted octanol–water partition coefficient (Wildman–Crippen LogP) is 2.74. The predicted molar refractivity (Wildman–Crippen MR) is 111 cm³/mol. The fourth-order valence-electron chi connectivity index (χ4n) is 4.74. The van der Waals surface area contributed by atoms with E-state index in [4.69, 9.17) is 4.98 Å². The molecular weight excluding hydrogens is 368 g/mol. The first-order valence-electron chi connectivity index (χ1n) is 10.5. The monoisotopic (exact) mass is 397 g/mol. The summed E-state index contributed by atoms with van der Waals surface area (Å²) in [5, 5.41) is 11.0. The highest BCUT2D eigenvalue weighted by molar-refractivity contribution is 7.18. The first kappa shape index (κ1) is 19.4. The molecule has 4 rings (SSSR count). The fourth-order valence-corrected chi connectivity index (χ4v) is 5.88. The van der Waals surface area contributed by atoms with Gasteiger partial charge in [-0.05, 0) is 25.0 Å². The Labute approximate surface area is 171 Å². The van der Waals surface area contributed by atoms with Gasteiger partial charge in [0.05, 0.1) is 34.4 Å². The third kappa shape index (κ3) is 3.78. The minimum absolute atomic E-state index is 0.122. The van der Waals surface area contributed by atoms with Crippen LogP contribution in [-0.4, -0.2) is 48.0 Å². The Morgan fingerprint density at radius 3 is 2.68 bits per heavy atom. The minimum atomic E-state index is -0.575. The number of nitriles is 1. The maximum Gasteiger partial charge on any atom is 0.278 e. The topological polar surface area (TPSA) is 61.4 Å². The van der Waals surface area contributed by atoms with Gasteiger partial charge in [0.25, 0.3) is 5.91 Å².